The van der Waals surface area contributed by atoms with Crippen LogP contribution in [-0.4, -0.2) is 0 Å². The highest BCUT2D eigenvalue weighted by Gasteiger charge is 2.37. The Morgan fingerprint density at radius 2 is 0.382 bits per heavy atom. The van der Waals surface area contributed by atoms with E-state index in [1.165, 1.54) is 100 Å². The maximum absolute atomic E-state index is 2.44. The molecule has 2 nitrogen and oxygen atoms in total. The molecule has 0 spiro atoms. The van der Waals surface area contributed by atoms with Crippen molar-refractivity contribution in [3.05, 3.63) is 363 Å². The van der Waals surface area contributed by atoms with Gasteiger partial charge in [0.15, 0.2) is 0 Å². The smallest absolute Gasteiger partial charge is 0.0465 e. The Labute approximate surface area is 523 Å². The lowest BCUT2D eigenvalue weighted by Crippen LogP contribution is -2.17. The van der Waals surface area contributed by atoms with E-state index in [1.807, 2.05) is 0 Å². The second-order valence-corrected chi connectivity index (χ2v) is 23.7. The number of nitrogens with zero attached hydrogens (tertiary/aromatic N) is 2. The zero-order valence-corrected chi connectivity index (χ0v) is 49.9. The Morgan fingerprint density at radius 3 is 0.674 bits per heavy atom. The van der Waals surface area contributed by atoms with Crippen LogP contribution < -0.4 is 9.80 Å². The Kier molecular flexibility index (Phi) is 14.4. The monoisotopic (exact) mass is 1140 g/mol. The van der Waals surface area contributed by atoms with Gasteiger partial charge in [-0.2, -0.15) is 0 Å². The van der Waals surface area contributed by atoms with Crippen LogP contribution in [0.1, 0.15) is 25.0 Å². The average molecular weight is 1140 g/mol. The summed E-state index contributed by atoms with van der Waals surface area (Å²) in [6.45, 7) is 4.79. The van der Waals surface area contributed by atoms with Crippen molar-refractivity contribution >= 4 is 34.1 Å². The normalized spacial score (nSPS) is 12.0. The van der Waals surface area contributed by atoms with Gasteiger partial charge in [0.2, 0.25) is 0 Å². The fourth-order valence-corrected chi connectivity index (χ4v) is 13.3. The maximum atomic E-state index is 2.44. The molecule has 15 rings (SSSR count). The Hall–Kier alpha value is -11.3. The van der Waals surface area contributed by atoms with E-state index in [1.54, 1.807) is 0 Å². The SMILES string of the molecule is CC1(C)c2cc(N(c3ccc(-c4ccccc4)cc3)c3ccc(-c4ccc(-c5ccccc5)c(-c5ccccc5)c4)cc3)ccc2-c2ccc(N(c3ccc(-c4ccccc4)cc3)c3ccc(-c4ccc(-c5ccccc5)c(-c5ccccc5)c4)cc3)cc21. The molecule has 0 saturated heterocycles. The maximum Gasteiger partial charge on any atom is 0.0465 e. The third kappa shape index (κ3) is 10.6. The molecule has 1 aliphatic rings. The molecule has 422 valence electrons. The van der Waals surface area contributed by atoms with Crippen LogP contribution in [0.15, 0.2) is 352 Å². The number of hydrogen-bond donors (Lipinski definition) is 0. The van der Waals surface area contributed by atoms with E-state index in [4.69, 9.17) is 0 Å². The Bertz CT molecular complexity index is 4470. The minimum Gasteiger partial charge on any atom is -0.310 e. The molecule has 0 aromatic heterocycles. The van der Waals surface area contributed by atoms with Crippen molar-refractivity contribution in [1.82, 2.24) is 0 Å². The standard InChI is InChI=1S/C87H64N2/c1-87(2)85-59-77(88(73-43-33-63(34-44-73)61-21-9-3-10-22-61)75-47-37-65(38-48-75)71-41-53-79(67-25-13-5-14-26-67)83(57-71)69-29-17-7-18-30-69)51-55-81(85)82-56-52-78(60-86(82)87)89(74-45-35-64(36-46-74)62-23-11-4-12-24-62)76-49-39-66(40-50-76)72-42-54-80(68-27-15-6-16-28-68)84(58-72)70-31-19-8-20-32-70/h3-60H,1-2H3. The van der Waals surface area contributed by atoms with Crippen LogP contribution in [0.4, 0.5) is 34.1 Å². The van der Waals surface area contributed by atoms with Gasteiger partial charge in [-0.25, -0.2) is 0 Å². The molecule has 0 atom stereocenters. The first kappa shape index (κ1) is 54.3. The molecule has 0 heterocycles. The van der Waals surface area contributed by atoms with E-state index < -0.39 is 0 Å². The topological polar surface area (TPSA) is 6.48 Å². The van der Waals surface area contributed by atoms with Crippen LogP contribution in [0.2, 0.25) is 0 Å². The predicted molar refractivity (Wildman–Crippen MR) is 377 cm³/mol. The summed E-state index contributed by atoms with van der Waals surface area (Å²) in [5.74, 6) is 0. The van der Waals surface area contributed by atoms with Crippen molar-refractivity contribution in [3.63, 3.8) is 0 Å². The highest BCUT2D eigenvalue weighted by molar-refractivity contribution is 5.92. The number of anilines is 6. The number of benzene rings is 14. The molecule has 0 bridgehead atoms. The summed E-state index contributed by atoms with van der Waals surface area (Å²) in [6, 6.07) is 128. The second-order valence-electron chi connectivity index (χ2n) is 23.7. The van der Waals surface area contributed by atoms with Crippen LogP contribution in [0.5, 0.6) is 0 Å². The van der Waals surface area contributed by atoms with E-state index in [9.17, 15) is 0 Å². The fourth-order valence-electron chi connectivity index (χ4n) is 13.3. The van der Waals surface area contributed by atoms with Crippen LogP contribution in [0.25, 0.3) is 100 Å². The summed E-state index contributed by atoms with van der Waals surface area (Å²) < 4.78 is 0. The molecule has 1 aliphatic carbocycles. The summed E-state index contributed by atoms with van der Waals surface area (Å²) in [5, 5.41) is 0. The molecular formula is C87H64N2. The Balaban J connectivity index is 0.791. The van der Waals surface area contributed by atoms with Gasteiger partial charge in [0.1, 0.15) is 0 Å². The van der Waals surface area contributed by atoms with Gasteiger partial charge in [-0.1, -0.05) is 281 Å². The van der Waals surface area contributed by atoms with Gasteiger partial charge in [0.05, 0.1) is 0 Å². The van der Waals surface area contributed by atoms with Crippen LogP contribution in [-0.2, 0) is 5.41 Å². The number of hydrogen-bond acceptors (Lipinski definition) is 2. The first-order valence-electron chi connectivity index (χ1n) is 30.8. The van der Waals surface area contributed by atoms with E-state index in [0.29, 0.717) is 0 Å². The molecule has 0 amide bonds. The molecule has 0 saturated carbocycles. The molecule has 0 radical (unpaired) electrons. The third-order valence-electron chi connectivity index (χ3n) is 17.9. The van der Waals surface area contributed by atoms with Crippen molar-refractivity contribution in [1.29, 1.82) is 0 Å². The molecule has 0 N–H and O–H groups in total. The quantitative estimate of drug-likeness (QED) is 0.107. The zero-order valence-electron chi connectivity index (χ0n) is 49.9. The van der Waals surface area contributed by atoms with Gasteiger partial charge in [0, 0.05) is 39.5 Å². The van der Waals surface area contributed by atoms with Gasteiger partial charge in [0.25, 0.3) is 0 Å². The molecule has 0 unspecified atom stereocenters. The van der Waals surface area contributed by atoms with Gasteiger partial charge in [-0.15, -0.1) is 0 Å². The van der Waals surface area contributed by atoms with E-state index in [0.717, 1.165) is 45.3 Å². The molecule has 89 heavy (non-hydrogen) atoms. The Morgan fingerprint density at radius 1 is 0.169 bits per heavy atom. The summed E-state index contributed by atoms with van der Waals surface area (Å²) in [5.41, 5.74) is 30.5. The number of rotatable bonds is 14. The lowest BCUT2D eigenvalue weighted by Gasteiger charge is -2.29. The highest BCUT2D eigenvalue weighted by Crippen LogP contribution is 2.53. The van der Waals surface area contributed by atoms with Crippen molar-refractivity contribution in [2.45, 2.75) is 19.3 Å². The van der Waals surface area contributed by atoms with Crippen LogP contribution >= 0.6 is 0 Å². The molecule has 0 fully saturated rings. The highest BCUT2D eigenvalue weighted by atomic mass is 15.1. The predicted octanol–water partition coefficient (Wildman–Crippen LogP) is 24.3. The van der Waals surface area contributed by atoms with Crippen LogP contribution in [0.3, 0.4) is 0 Å². The first-order valence-corrected chi connectivity index (χ1v) is 30.8. The van der Waals surface area contributed by atoms with Crippen molar-refractivity contribution in [2.75, 3.05) is 9.80 Å². The lowest BCUT2D eigenvalue weighted by molar-refractivity contribution is 0.660. The molecule has 0 aliphatic heterocycles. The summed E-state index contributed by atoms with van der Waals surface area (Å²) in [6.07, 6.45) is 0. The molecular weight excluding hydrogens is 1070 g/mol. The minimum absolute atomic E-state index is 0.333. The zero-order chi connectivity index (χ0) is 59.7. The second kappa shape index (κ2) is 23.5. The van der Waals surface area contributed by atoms with Gasteiger partial charge < -0.3 is 9.80 Å². The molecule has 2 heteroatoms. The van der Waals surface area contributed by atoms with Crippen molar-refractivity contribution < 1.29 is 0 Å². The van der Waals surface area contributed by atoms with Crippen LogP contribution in [0, 0.1) is 0 Å². The summed E-state index contributed by atoms with van der Waals surface area (Å²) in [4.78, 5) is 4.84. The first-order chi connectivity index (χ1) is 43.9. The van der Waals surface area contributed by atoms with E-state index in [-0.39, 0.29) is 5.41 Å². The van der Waals surface area contributed by atoms with Gasteiger partial charge >= 0.3 is 0 Å². The largest absolute Gasteiger partial charge is 0.310 e. The van der Waals surface area contributed by atoms with Gasteiger partial charge in [-0.3, -0.25) is 0 Å². The summed E-state index contributed by atoms with van der Waals surface area (Å²) >= 11 is 0. The minimum atomic E-state index is -0.333. The lowest BCUT2D eigenvalue weighted by atomic mass is 9.82. The van der Waals surface area contributed by atoms with Crippen molar-refractivity contribution in [2.24, 2.45) is 0 Å². The van der Waals surface area contributed by atoms with Gasteiger partial charge in [-0.05, 0) is 196 Å². The third-order valence-corrected chi connectivity index (χ3v) is 17.9. The molecule has 14 aromatic carbocycles. The summed E-state index contributed by atoms with van der Waals surface area (Å²) in [7, 11) is 0. The van der Waals surface area contributed by atoms with E-state index in [2.05, 4.69) is 375 Å². The van der Waals surface area contributed by atoms with E-state index >= 15 is 0 Å². The number of fused-ring (bicyclic) bond motifs is 3. The van der Waals surface area contributed by atoms with Crippen molar-refractivity contribution in [3.8, 4) is 100 Å². The molecule has 14 aromatic rings. The average Bonchev–Trinajstić information content (AvgIpc) is 1.61. The fraction of sp³-hybridized carbons (Fsp3) is 0.0345.